The van der Waals surface area contributed by atoms with E-state index in [1.165, 1.54) is 10.6 Å². The van der Waals surface area contributed by atoms with Gasteiger partial charge in [-0.05, 0) is 44.0 Å². The van der Waals surface area contributed by atoms with Crippen LogP contribution in [0.25, 0.3) is 0 Å². The van der Waals surface area contributed by atoms with Gasteiger partial charge in [0.1, 0.15) is 0 Å². The summed E-state index contributed by atoms with van der Waals surface area (Å²) in [5, 5.41) is 2.89. The van der Waals surface area contributed by atoms with Crippen molar-refractivity contribution < 1.29 is 17.6 Å². The van der Waals surface area contributed by atoms with E-state index in [-0.39, 0.29) is 17.7 Å². The van der Waals surface area contributed by atoms with Crippen LogP contribution in [0.1, 0.15) is 29.0 Å². The van der Waals surface area contributed by atoms with Gasteiger partial charge in [-0.15, -0.1) is 0 Å². The molecule has 1 aliphatic heterocycles. The number of amides is 1. The number of hydrogen-bond donors (Lipinski definition) is 1. The number of carbonyl (C=O) groups is 1. The highest BCUT2D eigenvalue weighted by Gasteiger charge is 2.30. The first-order valence-electron chi connectivity index (χ1n) is 7.88. The number of benzene rings is 1. The summed E-state index contributed by atoms with van der Waals surface area (Å²) in [5.74, 6) is 0.00421. The van der Waals surface area contributed by atoms with Crippen molar-refractivity contribution >= 4 is 15.9 Å². The topological polar surface area (TPSA) is 79.6 Å². The Morgan fingerprint density at radius 3 is 2.42 bits per heavy atom. The SMILES string of the molecule is Cc1ccc(S(=O)(=O)N2CCC(NC(=O)c3ccco3)CC2)cc1. The third-order valence-corrected chi connectivity index (χ3v) is 6.11. The maximum absolute atomic E-state index is 12.6. The second-order valence-corrected chi connectivity index (χ2v) is 7.88. The van der Waals surface area contributed by atoms with Crippen molar-refractivity contribution in [3.05, 3.63) is 54.0 Å². The molecule has 6 nitrogen and oxygen atoms in total. The molecule has 1 aromatic heterocycles. The Labute approximate surface area is 141 Å². The average Bonchev–Trinajstić information content (AvgIpc) is 3.10. The summed E-state index contributed by atoms with van der Waals surface area (Å²) in [5.41, 5.74) is 1.02. The predicted molar refractivity (Wildman–Crippen MR) is 89.1 cm³/mol. The molecule has 1 fully saturated rings. The third kappa shape index (κ3) is 3.52. The molecule has 0 unspecified atom stereocenters. The quantitative estimate of drug-likeness (QED) is 0.918. The molecule has 1 aromatic carbocycles. The van der Waals surface area contributed by atoms with Crippen LogP contribution in [0.2, 0.25) is 0 Å². The van der Waals surface area contributed by atoms with Crippen LogP contribution in [-0.4, -0.2) is 37.8 Å². The van der Waals surface area contributed by atoms with Crippen LogP contribution in [0.3, 0.4) is 0 Å². The van der Waals surface area contributed by atoms with E-state index < -0.39 is 10.0 Å². The molecule has 1 amide bonds. The number of hydrogen-bond acceptors (Lipinski definition) is 4. The second-order valence-electron chi connectivity index (χ2n) is 5.94. The van der Waals surface area contributed by atoms with E-state index in [2.05, 4.69) is 5.32 Å². The zero-order chi connectivity index (χ0) is 17.2. The van der Waals surface area contributed by atoms with E-state index in [9.17, 15) is 13.2 Å². The predicted octanol–water partition coefficient (Wildman–Crippen LogP) is 2.17. The lowest BCUT2D eigenvalue weighted by Gasteiger charge is -2.31. The summed E-state index contributed by atoms with van der Waals surface area (Å²) >= 11 is 0. The fourth-order valence-electron chi connectivity index (χ4n) is 2.76. The van der Waals surface area contributed by atoms with Crippen LogP contribution in [0, 0.1) is 6.92 Å². The Morgan fingerprint density at radius 2 is 1.83 bits per heavy atom. The normalized spacial score (nSPS) is 16.9. The van der Waals surface area contributed by atoms with Crippen molar-refractivity contribution in [2.24, 2.45) is 0 Å². The van der Waals surface area contributed by atoms with Crippen LogP contribution in [0.4, 0.5) is 0 Å². The lowest BCUT2D eigenvalue weighted by molar-refractivity contribution is 0.0895. The standard InChI is InChI=1S/C17H20N2O4S/c1-13-4-6-15(7-5-13)24(21,22)19-10-8-14(9-11-19)18-17(20)16-3-2-12-23-16/h2-7,12,14H,8-11H2,1H3,(H,18,20). The molecule has 2 heterocycles. The molecular formula is C17H20N2O4S. The minimum absolute atomic E-state index is 0.0490. The highest BCUT2D eigenvalue weighted by Crippen LogP contribution is 2.21. The molecule has 1 N–H and O–H groups in total. The molecule has 1 aliphatic rings. The van der Waals surface area contributed by atoms with E-state index in [1.807, 2.05) is 6.92 Å². The van der Waals surface area contributed by atoms with Crippen LogP contribution in [0.5, 0.6) is 0 Å². The minimum atomic E-state index is -3.47. The van der Waals surface area contributed by atoms with Gasteiger partial charge in [0.25, 0.3) is 5.91 Å². The van der Waals surface area contributed by atoms with Crippen LogP contribution < -0.4 is 5.32 Å². The van der Waals surface area contributed by atoms with Gasteiger partial charge in [-0.25, -0.2) is 8.42 Å². The summed E-state index contributed by atoms with van der Waals surface area (Å²) in [6.07, 6.45) is 2.61. The van der Waals surface area contributed by atoms with Gasteiger partial charge in [-0.1, -0.05) is 17.7 Å². The molecule has 0 spiro atoms. The molecular weight excluding hydrogens is 328 g/mol. The minimum Gasteiger partial charge on any atom is -0.459 e. The van der Waals surface area contributed by atoms with Crippen molar-refractivity contribution in [2.75, 3.05) is 13.1 Å². The van der Waals surface area contributed by atoms with Crippen molar-refractivity contribution in [1.82, 2.24) is 9.62 Å². The number of piperidine rings is 1. The maximum atomic E-state index is 12.6. The number of rotatable bonds is 4. The molecule has 0 saturated carbocycles. The summed E-state index contributed by atoms with van der Waals surface area (Å²) in [7, 11) is -3.47. The van der Waals surface area contributed by atoms with Gasteiger partial charge < -0.3 is 9.73 Å². The smallest absolute Gasteiger partial charge is 0.287 e. The van der Waals surface area contributed by atoms with Crippen LogP contribution in [-0.2, 0) is 10.0 Å². The van der Waals surface area contributed by atoms with Crippen LogP contribution >= 0.6 is 0 Å². The second kappa shape index (κ2) is 6.78. The van der Waals surface area contributed by atoms with Gasteiger partial charge in [0.15, 0.2) is 5.76 Å². The Hall–Kier alpha value is -2.12. The van der Waals surface area contributed by atoms with E-state index in [4.69, 9.17) is 4.42 Å². The monoisotopic (exact) mass is 348 g/mol. The molecule has 2 aromatic rings. The van der Waals surface area contributed by atoms with Gasteiger partial charge in [0.05, 0.1) is 11.2 Å². The summed E-state index contributed by atoms with van der Waals surface area (Å²) in [6.45, 7) is 2.70. The van der Waals surface area contributed by atoms with Crippen LogP contribution in [0.15, 0.2) is 52.0 Å². The molecule has 1 saturated heterocycles. The Kier molecular flexibility index (Phi) is 4.73. The first-order valence-corrected chi connectivity index (χ1v) is 9.32. The number of furan rings is 1. The lowest BCUT2D eigenvalue weighted by atomic mass is 10.1. The van der Waals surface area contributed by atoms with E-state index in [0.717, 1.165) is 5.56 Å². The average molecular weight is 348 g/mol. The van der Waals surface area contributed by atoms with E-state index in [1.54, 1.807) is 36.4 Å². The van der Waals surface area contributed by atoms with Crippen molar-refractivity contribution in [2.45, 2.75) is 30.7 Å². The van der Waals surface area contributed by atoms with Crippen molar-refractivity contribution in [3.8, 4) is 0 Å². The number of nitrogens with one attached hydrogen (secondary N) is 1. The first-order chi connectivity index (χ1) is 11.5. The summed E-state index contributed by atoms with van der Waals surface area (Å²) < 4.78 is 31.8. The largest absolute Gasteiger partial charge is 0.459 e. The molecule has 24 heavy (non-hydrogen) atoms. The fourth-order valence-corrected chi connectivity index (χ4v) is 4.23. The molecule has 7 heteroatoms. The Balaban J connectivity index is 1.60. The number of carbonyl (C=O) groups excluding carboxylic acids is 1. The van der Waals surface area contributed by atoms with Crippen molar-refractivity contribution in [1.29, 1.82) is 0 Å². The van der Waals surface area contributed by atoms with Gasteiger partial charge in [-0.2, -0.15) is 4.31 Å². The molecule has 128 valence electrons. The zero-order valence-electron chi connectivity index (χ0n) is 13.4. The molecule has 0 radical (unpaired) electrons. The highest BCUT2D eigenvalue weighted by atomic mass is 32.2. The summed E-state index contributed by atoms with van der Waals surface area (Å²) in [4.78, 5) is 12.3. The van der Waals surface area contributed by atoms with E-state index in [0.29, 0.717) is 30.8 Å². The Bertz CT molecular complexity index is 790. The van der Waals surface area contributed by atoms with Crippen molar-refractivity contribution in [3.63, 3.8) is 0 Å². The van der Waals surface area contributed by atoms with Gasteiger partial charge in [0, 0.05) is 19.1 Å². The third-order valence-electron chi connectivity index (χ3n) is 4.19. The lowest BCUT2D eigenvalue weighted by Crippen LogP contribution is -2.46. The fraction of sp³-hybridized carbons (Fsp3) is 0.353. The molecule has 3 rings (SSSR count). The van der Waals surface area contributed by atoms with Gasteiger partial charge in [0.2, 0.25) is 10.0 Å². The number of sulfonamides is 1. The number of nitrogens with zero attached hydrogens (tertiary/aromatic N) is 1. The van der Waals surface area contributed by atoms with E-state index >= 15 is 0 Å². The molecule has 0 atom stereocenters. The number of aryl methyl sites for hydroxylation is 1. The van der Waals surface area contributed by atoms with Gasteiger partial charge in [-0.3, -0.25) is 4.79 Å². The Morgan fingerprint density at radius 1 is 1.17 bits per heavy atom. The summed E-state index contributed by atoms with van der Waals surface area (Å²) in [6, 6.07) is 10.1. The molecule has 0 aliphatic carbocycles. The first kappa shape index (κ1) is 16.7. The zero-order valence-corrected chi connectivity index (χ0v) is 14.3. The van der Waals surface area contributed by atoms with Gasteiger partial charge >= 0.3 is 0 Å². The maximum Gasteiger partial charge on any atom is 0.287 e. The molecule has 0 bridgehead atoms. The highest BCUT2D eigenvalue weighted by molar-refractivity contribution is 7.89.